The molecule has 1 heterocycles. The second-order valence-electron chi connectivity index (χ2n) is 6.22. The zero-order valence-electron chi connectivity index (χ0n) is 15.7. The van der Waals surface area contributed by atoms with Crippen LogP contribution in [0, 0.1) is 25.2 Å². The maximum Gasteiger partial charge on any atom is 0.292 e. The summed E-state index contributed by atoms with van der Waals surface area (Å²) in [5.41, 5.74) is 3.26. The van der Waals surface area contributed by atoms with Crippen LogP contribution < -0.4 is 11.0 Å². The molecule has 0 radical (unpaired) electrons. The summed E-state index contributed by atoms with van der Waals surface area (Å²) in [7, 11) is 0. The molecular weight excluding hydrogens is 370 g/mol. The highest BCUT2D eigenvalue weighted by molar-refractivity contribution is 5.95. The normalized spacial score (nSPS) is 10.7. The molecule has 2 N–H and O–H groups in total. The van der Waals surface area contributed by atoms with Crippen LogP contribution in [0.3, 0.4) is 0 Å². The van der Waals surface area contributed by atoms with Gasteiger partial charge in [-0.1, -0.05) is 30.3 Å². The Morgan fingerprint density at radius 2 is 1.90 bits per heavy atom. The lowest BCUT2D eigenvalue weighted by Gasteiger charge is -2.12. The number of nitrogens with zero attached hydrogens (tertiary/aromatic N) is 4. The predicted octanol–water partition coefficient (Wildman–Crippen LogP) is 2.19. The molecular formula is C21H17N5O3. The number of phenolic OH excluding ortho intramolecular Hbond substituents is 1. The Balaban J connectivity index is 2.01. The first kappa shape index (κ1) is 19.5. The van der Waals surface area contributed by atoms with Crippen molar-refractivity contribution in [1.29, 1.82) is 5.26 Å². The van der Waals surface area contributed by atoms with Gasteiger partial charge in [-0.3, -0.25) is 9.59 Å². The number of benzene rings is 2. The molecule has 0 spiro atoms. The van der Waals surface area contributed by atoms with E-state index in [1.165, 1.54) is 19.2 Å². The van der Waals surface area contributed by atoms with E-state index in [9.17, 15) is 20.0 Å². The van der Waals surface area contributed by atoms with Gasteiger partial charge in [-0.25, -0.2) is 5.43 Å². The number of hydrogen-bond acceptors (Lipinski definition) is 6. The quantitative estimate of drug-likeness (QED) is 0.525. The summed E-state index contributed by atoms with van der Waals surface area (Å²) in [4.78, 5) is 25.3. The van der Waals surface area contributed by atoms with Crippen LogP contribution >= 0.6 is 0 Å². The van der Waals surface area contributed by atoms with Crippen LogP contribution in [0.4, 0.5) is 0 Å². The molecule has 1 aromatic heterocycles. The standard InChI is InChI=1S/C21H17N5O3/c1-13-7-3-5-9-17(13)26-21(29)16(11-22)14(2)19(25-26)20(28)24-23-12-15-8-4-6-10-18(15)27/h3-10,12,27H,1-2H3,(H,24,28)/b23-12+. The summed E-state index contributed by atoms with van der Waals surface area (Å²) in [6.07, 6.45) is 1.28. The molecule has 1 amide bonds. The Kier molecular flexibility index (Phi) is 5.51. The number of aryl methyl sites for hydroxylation is 1. The molecule has 0 aliphatic rings. The summed E-state index contributed by atoms with van der Waals surface area (Å²) in [6, 6.07) is 15.4. The first-order chi connectivity index (χ1) is 13.9. The topological polar surface area (TPSA) is 120 Å². The monoisotopic (exact) mass is 387 g/mol. The fourth-order valence-electron chi connectivity index (χ4n) is 2.73. The lowest BCUT2D eigenvalue weighted by molar-refractivity contribution is 0.0947. The van der Waals surface area contributed by atoms with Gasteiger partial charge < -0.3 is 5.11 Å². The van der Waals surface area contributed by atoms with Gasteiger partial charge in [0.05, 0.1) is 11.9 Å². The molecule has 3 aromatic rings. The number of nitriles is 1. The Labute approximate surface area is 166 Å². The van der Waals surface area contributed by atoms with Crippen LogP contribution in [-0.4, -0.2) is 27.0 Å². The van der Waals surface area contributed by atoms with Crippen LogP contribution in [0.1, 0.15) is 32.7 Å². The number of hydrogen-bond donors (Lipinski definition) is 2. The summed E-state index contributed by atoms with van der Waals surface area (Å²) >= 11 is 0. The third kappa shape index (κ3) is 3.89. The summed E-state index contributed by atoms with van der Waals surface area (Å²) in [5.74, 6) is -0.673. The van der Waals surface area contributed by atoms with Crippen molar-refractivity contribution in [2.45, 2.75) is 13.8 Å². The minimum Gasteiger partial charge on any atom is -0.507 e. The van der Waals surface area contributed by atoms with Gasteiger partial charge in [-0.2, -0.15) is 20.1 Å². The Hall–Kier alpha value is -4.25. The van der Waals surface area contributed by atoms with Crippen molar-refractivity contribution in [1.82, 2.24) is 15.2 Å². The van der Waals surface area contributed by atoms with E-state index in [4.69, 9.17) is 0 Å². The maximum atomic E-state index is 12.7. The Morgan fingerprint density at radius 1 is 1.21 bits per heavy atom. The highest BCUT2D eigenvalue weighted by Crippen LogP contribution is 2.14. The number of hydrazone groups is 1. The molecule has 0 saturated heterocycles. The lowest BCUT2D eigenvalue weighted by atomic mass is 10.1. The molecule has 0 atom stereocenters. The van der Waals surface area contributed by atoms with Crippen molar-refractivity contribution in [3.05, 3.63) is 86.8 Å². The Morgan fingerprint density at radius 3 is 2.59 bits per heavy atom. The van der Waals surface area contributed by atoms with E-state index in [0.717, 1.165) is 10.2 Å². The lowest BCUT2D eigenvalue weighted by Crippen LogP contribution is -2.31. The first-order valence-electron chi connectivity index (χ1n) is 8.65. The second kappa shape index (κ2) is 8.19. The van der Waals surface area contributed by atoms with Gasteiger partial charge >= 0.3 is 0 Å². The van der Waals surface area contributed by atoms with Crippen molar-refractivity contribution < 1.29 is 9.90 Å². The highest BCUT2D eigenvalue weighted by Gasteiger charge is 2.20. The minimum atomic E-state index is -0.687. The molecule has 29 heavy (non-hydrogen) atoms. The first-order valence-corrected chi connectivity index (χ1v) is 8.65. The molecule has 2 aromatic carbocycles. The average Bonchev–Trinajstić information content (AvgIpc) is 2.71. The molecule has 0 unspecified atom stereocenters. The molecule has 8 heteroatoms. The molecule has 144 valence electrons. The highest BCUT2D eigenvalue weighted by atomic mass is 16.3. The molecule has 3 rings (SSSR count). The van der Waals surface area contributed by atoms with Crippen LogP contribution in [0.2, 0.25) is 0 Å². The van der Waals surface area contributed by atoms with Gasteiger partial charge in [-0.05, 0) is 37.6 Å². The van der Waals surface area contributed by atoms with Crippen molar-refractivity contribution in [3.63, 3.8) is 0 Å². The zero-order valence-corrected chi connectivity index (χ0v) is 15.7. The maximum absolute atomic E-state index is 12.7. The SMILES string of the molecule is Cc1ccccc1-n1nc(C(=O)N/N=C/c2ccccc2O)c(C)c(C#N)c1=O. The number of aromatic hydroxyl groups is 1. The van der Waals surface area contributed by atoms with E-state index in [-0.39, 0.29) is 22.6 Å². The van der Waals surface area contributed by atoms with Crippen molar-refractivity contribution >= 4 is 12.1 Å². The smallest absolute Gasteiger partial charge is 0.292 e. The number of nitrogens with one attached hydrogen (secondary N) is 1. The van der Waals surface area contributed by atoms with Gasteiger partial charge in [0.2, 0.25) is 0 Å². The Bertz CT molecular complexity index is 1220. The van der Waals surface area contributed by atoms with E-state index >= 15 is 0 Å². The van der Waals surface area contributed by atoms with Gasteiger partial charge in [0.25, 0.3) is 11.5 Å². The number of carbonyl (C=O) groups is 1. The van der Waals surface area contributed by atoms with E-state index in [1.807, 2.05) is 12.1 Å². The molecule has 0 fully saturated rings. The number of amides is 1. The minimum absolute atomic E-state index is 0.0136. The van der Waals surface area contributed by atoms with Crippen molar-refractivity contribution in [3.8, 4) is 17.5 Å². The van der Waals surface area contributed by atoms with Crippen LogP contribution in [-0.2, 0) is 0 Å². The van der Waals surface area contributed by atoms with Gasteiger partial charge in [0.15, 0.2) is 5.69 Å². The number of phenols is 1. The summed E-state index contributed by atoms with van der Waals surface area (Å²) in [6.45, 7) is 3.28. The van der Waals surface area contributed by atoms with E-state index < -0.39 is 11.5 Å². The number of carbonyl (C=O) groups excluding carboxylic acids is 1. The van der Waals surface area contributed by atoms with E-state index in [2.05, 4.69) is 15.6 Å². The van der Waals surface area contributed by atoms with Crippen molar-refractivity contribution in [2.24, 2.45) is 5.10 Å². The molecule has 0 saturated carbocycles. The van der Waals surface area contributed by atoms with E-state index in [1.54, 1.807) is 43.3 Å². The number of rotatable bonds is 4. The van der Waals surface area contributed by atoms with Gasteiger partial charge in [0, 0.05) is 11.1 Å². The third-order valence-corrected chi connectivity index (χ3v) is 4.31. The molecule has 8 nitrogen and oxygen atoms in total. The second-order valence-corrected chi connectivity index (χ2v) is 6.22. The fourth-order valence-corrected chi connectivity index (χ4v) is 2.73. The number of para-hydroxylation sites is 2. The van der Waals surface area contributed by atoms with Gasteiger partial charge in [-0.15, -0.1) is 0 Å². The predicted molar refractivity (Wildman–Crippen MR) is 107 cm³/mol. The van der Waals surface area contributed by atoms with Crippen LogP contribution in [0.5, 0.6) is 5.75 Å². The largest absolute Gasteiger partial charge is 0.507 e. The summed E-state index contributed by atoms with van der Waals surface area (Å²) < 4.78 is 1.04. The zero-order chi connectivity index (χ0) is 21.0. The summed E-state index contributed by atoms with van der Waals surface area (Å²) in [5, 5.41) is 27.2. The third-order valence-electron chi connectivity index (χ3n) is 4.31. The molecule has 0 bridgehead atoms. The molecule has 0 aliphatic carbocycles. The van der Waals surface area contributed by atoms with Crippen LogP contribution in [0.25, 0.3) is 5.69 Å². The number of aromatic nitrogens is 2. The van der Waals surface area contributed by atoms with E-state index in [0.29, 0.717) is 11.3 Å². The molecule has 0 aliphatic heterocycles. The van der Waals surface area contributed by atoms with Crippen LogP contribution in [0.15, 0.2) is 58.4 Å². The fraction of sp³-hybridized carbons (Fsp3) is 0.0952. The van der Waals surface area contributed by atoms with Crippen molar-refractivity contribution in [2.75, 3.05) is 0 Å². The van der Waals surface area contributed by atoms with Gasteiger partial charge in [0.1, 0.15) is 17.4 Å². The average molecular weight is 387 g/mol.